The highest BCUT2D eigenvalue weighted by atomic mass is 32.2. The van der Waals surface area contributed by atoms with Crippen LogP contribution in [0.3, 0.4) is 0 Å². The van der Waals surface area contributed by atoms with Gasteiger partial charge < -0.3 is 5.73 Å². The lowest BCUT2D eigenvalue weighted by atomic mass is 10.4. The summed E-state index contributed by atoms with van der Waals surface area (Å²) in [6.45, 7) is 1.84. The zero-order valence-corrected chi connectivity index (χ0v) is 11.5. The van der Waals surface area contributed by atoms with E-state index in [0.717, 1.165) is 5.01 Å². The summed E-state index contributed by atoms with van der Waals surface area (Å²) in [5.74, 6) is 0.768. The number of nitrogens with two attached hydrogens (primary N) is 1. The van der Waals surface area contributed by atoms with Crippen LogP contribution in [-0.4, -0.2) is 29.8 Å². The number of aromatic amines is 1. The molecule has 0 amide bonds. The molecular formula is C9H9N7OS2. The second-order valence-corrected chi connectivity index (χ2v) is 5.80. The molecule has 0 atom stereocenters. The van der Waals surface area contributed by atoms with Gasteiger partial charge >= 0.3 is 0 Å². The van der Waals surface area contributed by atoms with Gasteiger partial charge in [0.15, 0.2) is 0 Å². The quantitative estimate of drug-likeness (QED) is 0.674. The van der Waals surface area contributed by atoms with Crippen LogP contribution in [0.4, 0.5) is 5.95 Å². The van der Waals surface area contributed by atoms with E-state index in [1.807, 2.05) is 6.92 Å². The Morgan fingerprint density at radius 1 is 1.53 bits per heavy atom. The number of nitrogen functional groups attached to an aromatic ring is 1. The van der Waals surface area contributed by atoms with Gasteiger partial charge in [0.05, 0.1) is 5.69 Å². The lowest BCUT2D eigenvalue weighted by molar-refractivity contribution is 0.871. The van der Waals surface area contributed by atoms with E-state index in [9.17, 15) is 4.79 Å². The summed E-state index contributed by atoms with van der Waals surface area (Å²) in [4.78, 5) is 20.8. The van der Waals surface area contributed by atoms with Gasteiger partial charge in [0.1, 0.15) is 5.01 Å². The van der Waals surface area contributed by atoms with Crippen LogP contribution >= 0.6 is 23.1 Å². The predicted octanol–water partition coefficient (Wildman–Crippen LogP) is 0.452. The van der Waals surface area contributed by atoms with Crippen molar-refractivity contribution >= 4 is 34.0 Å². The van der Waals surface area contributed by atoms with Crippen molar-refractivity contribution in [2.24, 2.45) is 0 Å². The summed E-state index contributed by atoms with van der Waals surface area (Å²) in [6.07, 6.45) is 0. The fourth-order valence-electron chi connectivity index (χ4n) is 1.49. The minimum Gasteiger partial charge on any atom is -0.368 e. The van der Waals surface area contributed by atoms with Crippen LogP contribution in [0.25, 0.3) is 4.96 Å². The molecule has 3 aromatic heterocycles. The van der Waals surface area contributed by atoms with Crippen molar-refractivity contribution in [2.45, 2.75) is 17.8 Å². The molecule has 0 unspecified atom stereocenters. The second kappa shape index (κ2) is 4.63. The molecule has 0 aliphatic carbocycles. The van der Waals surface area contributed by atoms with Gasteiger partial charge in [0.2, 0.25) is 16.1 Å². The molecule has 0 spiro atoms. The Labute approximate surface area is 115 Å². The summed E-state index contributed by atoms with van der Waals surface area (Å²) in [5.41, 5.74) is 5.92. The van der Waals surface area contributed by atoms with Gasteiger partial charge in [0, 0.05) is 11.8 Å². The van der Waals surface area contributed by atoms with Crippen LogP contribution in [0, 0.1) is 6.92 Å². The molecule has 0 aliphatic heterocycles. The van der Waals surface area contributed by atoms with Crippen molar-refractivity contribution in [2.75, 3.05) is 5.73 Å². The van der Waals surface area contributed by atoms with Gasteiger partial charge in [-0.15, -0.1) is 5.10 Å². The average molecular weight is 295 g/mol. The maximum Gasteiger partial charge on any atom is 0.275 e. The van der Waals surface area contributed by atoms with Crippen molar-refractivity contribution in [3.63, 3.8) is 0 Å². The average Bonchev–Trinajstić information content (AvgIpc) is 2.92. The smallest absolute Gasteiger partial charge is 0.275 e. The summed E-state index contributed by atoms with van der Waals surface area (Å²) >= 11 is 2.74. The Morgan fingerprint density at radius 3 is 3.11 bits per heavy atom. The van der Waals surface area contributed by atoms with Gasteiger partial charge in [0.25, 0.3) is 5.56 Å². The molecule has 8 nitrogen and oxygen atoms in total. The monoisotopic (exact) mass is 295 g/mol. The van der Waals surface area contributed by atoms with Crippen LogP contribution in [0.2, 0.25) is 0 Å². The van der Waals surface area contributed by atoms with Crippen molar-refractivity contribution < 1.29 is 0 Å². The first-order valence-corrected chi connectivity index (χ1v) is 7.09. The number of H-pyrrole nitrogens is 1. The number of aryl methyl sites for hydroxylation is 1. The maximum atomic E-state index is 11.8. The van der Waals surface area contributed by atoms with Gasteiger partial charge in [-0.3, -0.25) is 4.79 Å². The van der Waals surface area contributed by atoms with E-state index >= 15 is 0 Å². The molecule has 3 aromatic rings. The number of aromatic nitrogens is 6. The van der Waals surface area contributed by atoms with Crippen molar-refractivity contribution in [1.29, 1.82) is 0 Å². The minimum atomic E-state index is -0.181. The molecule has 3 heterocycles. The van der Waals surface area contributed by atoms with E-state index < -0.39 is 0 Å². The zero-order valence-electron chi connectivity index (χ0n) is 9.82. The van der Waals surface area contributed by atoms with Crippen LogP contribution in [-0.2, 0) is 5.75 Å². The fourth-order valence-corrected chi connectivity index (χ4v) is 2.95. The van der Waals surface area contributed by atoms with Gasteiger partial charge in [-0.25, -0.2) is 10.1 Å². The van der Waals surface area contributed by atoms with E-state index in [1.54, 1.807) is 0 Å². The zero-order chi connectivity index (χ0) is 13.4. The summed E-state index contributed by atoms with van der Waals surface area (Å²) in [7, 11) is 0. The van der Waals surface area contributed by atoms with Crippen molar-refractivity contribution in [3.05, 3.63) is 27.1 Å². The Morgan fingerprint density at radius 2 is 2.37 bits per heavy atom. The lowest BCUT2D eigenvalue weighted by Crippen LogP contribution is -2.15. The fraction of sp³-hybridized carbons (Fsp3) is 0.222. The second-order valence-electron chi connectivity index (χ2n) is 3.69. The number of anilines is 1. The number of hydrogen-bond acceptors (Lipinski definition) is 8. The molecule has 3 rings (SSSR count). The summed E-state index contributed by atoms with van der Waals surface area (Å²) in [6, 6.07) is 1.47. The molecule has 0 aliphatic rings. The van der Waals surface area contributed by atoms with E-state index in [0.29, 0.717) is 21.6 Å². The van der Waals surface area contributed by atoms with E-state index in [1.165, 1.54) is 33.7 Å². The number of nitrogens with one attached hydrogen (secondary N) is 1. The molecule has 0 fully saturated rings. The van der Waals surface area contributed by atoms with E-state index in [-0.39, 0.29) is 11.5 Å². The molecular weight excluding hydrogens is 286 g/mol. The molecule has 19 heavy (non-hydrogen) atoms. The van der Waals surface area contributed by atoms with Crippen molar-refractivity contribution in [3.8, 4) is 0 Å². The van der Waals surface area contributed by atoms with Crippen molar-refractivity contribution in [1.82, 2.24) is 29.8 Å². The molecule has 10 heteroatoms. The van der Waals surface area contributed by atoms with E-state index in [4.69, 9.17) is 5.73 Å². The maximum absolute atomic E-state index is 11.8. The molecule has 3 N–H and O–H groups in total. The van der Waals surface area contributed by atoms with E-state index in [2.05, 4.69) is 25.3 Å². The van der Waals surface area contributed by atoms with Crippen LogP contribution in [0.1, 0.15) is 10.7 Å². The first-order valence-electron chi connectivity index (χ1n) is 5.29. The Bertz CT molecular complexity index is 789. The molecule has 0 saturated heterocycles. The number of rotatable bonds is 3. The summed E-state index contributed by atoms with van der Waals surface area (Å²) in [5, 5.41) is 11.9. The van der Waals surface area contributed by atoms with Crippen LogP contribution in [0.5, 0.6) is 0 Å². The highest BCUT2D eigenvalue weighted by Gasteiger charge is 2.08. The largest absolute Gasteiger partial charge is 0.368 e. The summed E-state index contributed by atoms with van der Waals surface area (Å²) < 4.78 is 1.30. The Kier molecular flexibility index (Phi) is 2.95. The Balaban J connectivity index is 1.87. The van der Waals surface area contributed by atoms with Crippen LogP contribution in [0.15, 0.2) is 16.0 Å². The highest BCUT2D eigenvalue weighted by Crippen LogP contribution is 2.18. The standard InChI is InChI=1S/C9H9N7OS2/c1-4-15-16-6(17)2-5(11-9(16)19-4)3-18-8-12-7(10)13-14-8/h2H,3H2,1H3,(H3,10,12,13,14). The third-order valence-corrected chi connectivity index (χ3v) is 3.94. The molecule has 0 radical (unpaired) electrons. The molecule has 0 bridgehead atoms. The van der Waals surface area contributed by atoms with Gasteiger partial charge in [-0.05, 0) is 6.92 Å². The number of fused-ring (bicyclic) bond motifs is 1. The Hall–Kier alpha value is -1.94. The third kappa shape index (κ3) is 2.44. The normalized spacial score (nSPS) is 11.2. The predicted molar refractivity (Wildman–Crippen MR) is 72.2 cm³/mol. The molecule has 98 valence electrons. The van der Waals surface area contributed by atoms with Gasteiger partial charge in [-0.2, -0.15) is 14.6 Å². The van der Waals surface area contributed by atoms with Crippen LogP contribution < -0.4 is 11.3 Å². The lowest BCUT2D eigenvalue weighted by Gasteiger charge is -1.97. The SMILES string of the molecule is Cc1nn2c(=O)cc(CSc3n[nH]c(N)n3)nc2s1. The number of hydrogen-bond donors (Lipinski definition) is 2. The van der Waals surface area contributed by atoms with Gasteiger partial charge in [-0.1, -0.05) is 23.1 Å². The first-order chi connectivity index (χ1) is 9.11. The molecule has 0 aromatic carbocycles. The number of nitrogens with zero attached hydrogens (tertiary/aromatic N) is 5. The molecule has 0 saturated carbocycles. The highest BCUT2D eigenvalue weighted by molar-refractivity contribution is 7.98. The third-order valence-electron chi connectivity index (χ3n) is 2.23. The topological polar surface area (TPSA) is 115 Å². The first kappa shape index (κ1) is 12.1. The number of thioether (sulfide) groups is 1. The minimum absolute atomic E-state index is 0.181.